The van der Waals surface area contributed by atoms with Crippen LogP contribution in [-0.4, -0.2) is 10.8 Å². The highest BCUT2D eigenvalue weighted by Gasteiger charge is 2.16. The Labute approximate surface area is 170 Å². The fourth-order valence-electron chi connectivity index (χ4n) is 3.33. The van der Waals surface area contributed by atoms with E-state index in [-0.39, 0.29) is 5.75 Å². The first-order chi connectivity index (χ1) is 13.6. The monoisotopic (exact) mass is 388 g/mol. The maximum atomic E-state index is 9.66. The molecule has 28 heavy (non-hydrogen) atoms. The van der Waals surface area contributed by atoms with E-state index in [2.05, 4.69) is 36.5 Å². The van der Waals surface area contributed by atoms with Crippen LogP contribution in [0.3, 0.4) is 0 Å². The van der Waals surface area contributed by atoms with Crippen LogP contribution in [0.4, 0.5) is 5.69 Å². The quantitative estimate of drug-likeness (QED) is 0.579. The molecule has 3 nitrogen and oxygen atoms in total. The van der Waals surface area contributed by atoms with Gasteiger partial charge in [0.15, 0.2) is 0 Å². The summed E-state index contributed by atoms with van der Waals surface area (Å²) in [5.41, 5.74) is 7.13. The first-order valence-electron chi connectivity index (χ1n) is 9.34. The molecule has 3 aromatic carbocycles. The zero-order valence-electron chi connectivity index (χ0n) is 15.6. The van der Waals surface area contributed by atoms with E-state index in [1.165, 1.54) is 11.1 Å². The molecule has 0 amide bonds. The number of rotatable bonds is 4. The van der Waals surface area contributed by atoms with E-state index in [1.54, 1.807) is 12.1 Å². The molecule has 4 heteroatoms. The van der Waals surface area contributed by atoms with Crippen molar-refractivity contribution in [2.75, 3.05) is 5.32 Å². The number of phenolic OH excluding ortho intramolecular Hbond substituents is 1. The number of aryl methyl sites for hydroxylation is 1. The molecule has 0 saturated heterocycles. The van der Waals surface area contributed by atoms with Crippen LogP contribution in [0.5, 0.6) is 5.75 Å². The molecule has 140 valence electrons. The highest BCUT2D eigenvalue weighted by atomic mass is 35.5. The fraction of sp³-hybridized carbons (Fsp3) is 0.125. The first-order valence-corrected chi connectivity index (χ1v) is 9.71. The molecule has 0 unspecified atom stereocenters. The molecule has 1 heterocycles. The zero-order valence-corrected chi connectivity index (χ0v) is 16.4. The second kappa shape index (κ2) is 7.91. The third kappa shape index (κ3) is 3.95. The summed E-state index contributed by atoms with van der Waals surface area (Å²) in [4.78, 5) is 4.98. The number of halogens is 1. The molecule has 3 aromatic rings. The van der Waals surface area contributed by atoms with Gasteiger partial charge in [-0.15, -0.1) is 0 Å². The summed E-state index contributed by atoms with van der Waals surface area (Å²) in [6.45, 7) is 2.16. The maximum Gasteiger partial charge on any atom is 0.115 e. The highest BCUT2D eigenvalue weighted by Crippen LogP contribution is 2.29. The van der Waals surface area contributed by atoms with Crippen molar-refractivity contribution in [1.82, 2.24) is 0 Å². The summed E-state index contributed by atoms with van der Waals surface area (Å²) in [5.74, 6) is 0.231. The maximum absolute atomic E-state index is 9.66. The van der Waals surface area contributed by atoms with Crippen molar-refractivity contribution in [1.29, 1.82) is 0 Å². The number of anilines is 1. The normalized spacial score (nSPS) is 13.1. The van der Waals surface area contributed by atoms with Crippen LogP contribution in [0, 0.1) is 0 Å². The number of hydrogen-bond acceptors (Lipinski definition) is 3. The van der Waals surface area contributed by atoms with E-state index < -0.39 is 0 Å². The standard InChI is InChI=1S/C24H21ClN2O/c1-2-16-4-3-5-17(12-16)13-20-15-26-23-11-8-19(25)14-22(23)24(27-20)18-6-9-21(28)10-7-18/h3-12,14-15,26,28H,2,13H2,1H3. The Morgan fingerprint density at radius 2 is 1.75 bits per heavy atom. The van der Waals surface area contributed by atoms with Crippen LogP contribution in [0.2, 0.25) is 5.02 Å². The number of hydrogen-bond donors (Lipinski definition) is 2. The number of phenols is 1. The summed E-state index contributed by atoms with van der Waals surface area (Å²) < 4.78 is 0. The van der Waals surface area contributed by atoms with Crippen molar-refractivity contribution in [2.24, 2.45) is 4.99 Å². The van der Waals surface area contributed by atoms with Crippen molar-refractivity contribution in [3.05, 3.63) is 106 Å². The van der Waals surface area contributed by atoms with Crippen LogP contribution >= 0.6 is 11.6 Å². The smallest absolute Gasteiger partial charge is 0.115 e. The number of benzene rings is 3. The average molecular weight is 389 g/mol. The van der Waals surface area contributed by atoms with Gasteiger partial charge >= 0.3 is 0 Å². The lowest BCUT2D eigenvalue weighted by Crippen LogP contribution is -2.05. The first kappa shape index (κ1) is 18.3. The molecular weight excluding hydrogens is 368 g/mol. The van der Waals surface area contributed by atoms with Gasteiger partial charge in [0.2, 0.25) is 0 Å². The number of fused-ring (bicyclic) bond motifs is 1. The van der Waals surface area contributed by atoms with Crippen LogP contribution in [-0.2, 0) is 12.8 Å². The van der Waals surface area contributed by atoms with Crippen molar-refractivity contribution in [3.8, 4) is 5.75 Å². The van der Waals surface area contributed by atoms with Gasteiger partial charge in [0.05, 0.1) is 11.4 Å². The lowest BCUT2D eigenvalue weighted by molar-refractivity contribution is 0.475. The number of nitrogens with one attached hydrogen (secondary N) is 1. The molecule has 0 saturated carbocycles. The molecule has 2 N–H and O–H groups in total. The molecule has 0 fully saturated rings. The van der Waals surface area contributed by atoms with Gasteiger partial charge in [-0.2, -0.15) is 0 Å². The van der Waals surface area contributed by atoms with E-state index in [1.807, 2.05) is 36.5 Å². The molecule has 0 spiro atoms. The lowest BCUT2D eigenvalue weighted by atomic mass is 10.00. The number of allylic oxidation sites excluding steroid dienone is 1. The van der Waals surface area contributed by atoms with E-state index in [9.17, 15) is 5.11 Å². The number of aromatic hydroxyl groups is 1. The average Bonchev–Trinajstić information content (AvgIpc) is 2.88. The number of nitrogens with zero attached hydrogens (tertiary/aromatic N) is 1. The Hall–Kier alpha value is -3.04. The molecule has 0 bridgehead atoms. The van der Waals surface area contributed by atoms with Gasteiger partial charge in [-0.3, -0.25) is 4.99 Å². The largest absolute Gasteiger partial charge is 0.508 e. The van der Waals surface area contributed by atoms with Gasteiger partial charge < -0.3 is 10.4 Å². The number of aliphatic imine (C=N–C) groups is 1. The van der Waals surface area contributed by atoms with Gasteiger partial charge in [0.25, 0.3) is 0 Å². The predicted molar refractivity (Wildman–Crippen MR) is 116 cm³/mol. The van der Waals surface area contributed by atoms with Crippen LogP contribution in [0.25, 0.3) is 0 Å². The predicted octanol–water partition coefficient (Wildman–Crippen LogP) is 5.96. The second-order valence-corrected chi connectivity index (χ2v) is 7.26. The summed E-state index contributed by atoms with van der Waals surface area (Å²) in [6, 6.07) is 21.4. The van der Waals surface area contributed by atoms with Gasteiger partial charge in [-0.1, -0.05) is 42.8 Å². The minimum absolute atomic E-state index is 0.231. The van der Waals surface area contributed by atoms with Crippen molar-refractivity contribution < 1.29 is 5.11 Å². The topological polar surface area (TPSA) is 44.6 Å². The third-order valence-corrected chi connectivity index (χ3v) is 5.05. The Kier molecular flexibility index (Phi) is 5.18. The minimum atomic E-state index is 0.231. The van der Waals surface area contributed by atoms with Gasteiger partial charge in [0.1, 0.15) is 5.75 Å². The molecular formula is C24H21ClN2O. The Morgan fingerprint density at radius 3 is 2.54 bits per heavy atom. The van der Waals surface area contributed by atoms with Crippen molar-refractivity contribution in [2.45, 2.75) is 19.8 Å². The molecule has 0 aromatic heterocycles. The molecule has 0 aliphatic carbocycles. The van der Waals surface area contributed by atoms with E-state index >= 15 is 0 Å². The summed E-state index contributed by atoms with van der Waals surface area (Å²) in [5, 5.41) is 13.7. The SMILES string of the molecule is CCc1cccc(CC2=CNc3ccc(Cl)cc3C(c3ccc(O)cc3)=N2)c1. The highest BCUT2D eigenvalue weighted by molar-refractivity contribution is 6.31. The van der Waals surface area contributed by atoms with Gasteiger partial charge in [-0.25, -0.2) is 0 Å². The van der Waals surface area contributed by atoms with Crippen molar-refractivity contribution >= 4 is 23.0 Å². The third-order valence-electron chi connectivity index (χ3n) is 4.81. The molecule has 1 aliphatic rings. The fourth-order valence-corrected chi connectivity index (χ4v) is 3.51. The Balaban J connectivity index is 1.78. The Morgan fingerprint density at radius 1 is 0.964 bits per heavy atom. The summed E-state index contributed by atoms with van der Waals surface area (Å²) in [6.07, 6.45) is 3.69. The molecule has 0 atom stereocenters. The minimum Gasteiger partial charge on any atom is -0.508 e. The van der Waals surface area contributed by atoms with Crippen LogP contribution < -0.4 is 5.32 Å². The van der Waals surface area contributed by atoms with Crippen molar-refractivity contribution in [3.63, 3.8) is 0 Å². The summed E-state index contributed by atoms with van der Waals surface area (Å²) in [7, 11) is 0. The molecule has 4 rings (SSSR count). The van der Waals surface area contributed by atoms with Crippen LogP contribution in [0.1, 0.15) is 29.2 Å². The van der Waals surface area contributed by atoms with E-state index in [0.717, 1.165) is 41.1 Å². The van der Waals surface area contributed by atoms with Crippen LogP contribution in [0.15, 0.2) is 83.6 Å². The van der Waals surface area contributed by atoms with E-state index in [4.69, 9.17) is 16.6 Å². The Bertz CT molecular complexity index is 1070. The second-order valence-electron chi connectivity index (χ2n) is 6.83. The lowest BCUT2D eigenvalue weighted by Gasteiger charge is -2.11. The van der Waals surface area contributed by atoms with Gasteiger partial charge in [-0.05, 0) is 60.0 Å². The zero-order chi connectivity index (χ0) is 19.5. The molecule has 0 radical (unpaired) electrons. The summed E-state index contributed by atoms with van der Waals surface area (Å²) >= 11 is 6.27. The van der Waals surface area contributed by atoms with Gasteiger partial charge in [0, 0.05) is 34.5 Å². The molecule has 1 aliphatic heterocycles. The van der Waals surface area contributed by atoms with E-state index in [0.29, 0.717) is 5.02 Å².